The second-order valence-electron chi connectivity index (χ2n) is 5.97. The summed E-state index contributed by atoms with van der Waals surface area (Å²) in [4.78, 5) is 13.4. The number of nitrogens with one attached hydrogen (secondary N) is 1. The van der Waals surface area contributed by atoms with E-state index in [2.05, 4.69) is 42.3 Å². The van der Waals surface area contributed by atoms with Crippen LogP contribution >= 0.6 is 15.9 Å². The van der Waals surface area contributed by atoms with Gasteiger partial charge >= 0.3 is 0 Å². The minimum absolute atomic E-state index is 0.0401. The maximum absolute atomic E-state index is 9.26. The maximum atomic E-state index is 9.26. The molecule has 3 aromatic rings. The van der Waals surface area contributed by atoms with Crippen molar-refractivity contribution in [2.75, 3.05) is 12.4 Å². The molecule has 0 aliphatic rings. The van der Waals surface area contributed by atoms with Crippen LogP contribution in [0.3, 0.4) is 0 Å². The molecule has 0 amide bonds. The zero-order chi connectivity index (χ0) is 18.8. The van der Waals surface area contributed by atoms with Gasteiger partial charge in [0.05, 0.1) is 34.6 Å². The van der Waals surface area contributed by atoms with Crippen molar-refractivity contribution >= 4 is 32.8 Å². The van der Waals surface area contributed by atoms with Crippen molar-refractivity contribution in [2.24, 2.45) is 0 Å². The minimum atomic E-state index is -0.0401. The lowest BCUT2D eigenvalue weighted by Crippen LogP contribution is -2.11. The van der Waals surface area contributed by atoms with Gasteiger partial charge in [-0.1, -0.05) is 12.1 Å². The van der Waals surface area contributed by atoms with E-state index in [0.717, 1.165) is 21.0 Å². The third kappa shape index (κ3) is 3.33. The lowest BCUT2D eigenvalue weighted by atomic mass is 9.98. The first-order chi connectivity index (χ1) is 12.4. The molecule has 0 saturated heterocycles. The van der Waals surface area contributed by atoms with Gasteiger partial charge in [0.15, 0.2) is 5.65 Å². The molecule has 2 aromatic heterocycles. The number of aryl methyl sites for hydroxylation is 1. The molecule has 1 N–H and O–H groups in total. The molecule has 0 aliphatic carbocycles. The molecule has 132 valence electrons. The summed E-state index contributed by atoms with van der Waals surface area (Å²) < 4.78 is 5.99. The smallest absolute Gasteiger partial charge is 0.229 e. The van der Waals surface area contributed by atoms with Crippen molar-refractivity contribution in [1.29, 1.82) is 5.26 Å². The van der Waals surface area contributed by atoms with Crippen molar-refractivity contribution in [3.05, 3.63) is 51.3 Å². The van der Waals surface area contributed by atoms with Crippen LogP contribution in [0.25, 0.3) is 11.0 Å². The van der Waals surface area contributed by atoms with Crippen molar-refractivity contribution in [3.8, 4) is 11.9 Å². The largest absolute Gasteiger partial charge is 0.480 e. The maximum Gasteiger partial charge on any atom is 0.229 e. The summed E-state index contributed by atoms with van der Waals surface area (Å²) in [6.45, 7) is 5.82. The quantitative estimate of drug-likeness (QED) is 0.681. The summed E-state index contributed by atoms with van der Waals surface area (Å²) >= 11 is 3.47. The van der Waals surface area contributed by atoms with Gasteiger partial charge in [-0.3, -0.25) is 0 Å². The highest BCUT2D eigenvalue weighted by atomic mass is 79.9. The number of benzene rings is 1. The molecule has 26 heavy (non-hydrogen) atoms. The van der Waals surface area contributed by atoms with Gasteiger partial charge in [0.2, 0.25) is 5.88 Å². The summed E-state index contributed by atoms with van der Waals surface area (Å²) in [5.41, 5.74) is 3.25. The third-order valence-corrected chi connectivity index (χ3v) is 4.80. The molecule has 0 saturated carbocycles. The Morgan fingerprint density at radius 2 is 2.00 bits per heavy atom. The van der Waals surface area contributed by atoms with E-state index in [1.165, 1.54) is 0 Å². The second-order valence-corrected chi connectivity index (χ2v) is 6.82. The number of halogens is 1. The number of anilines is 1. The zero-order valence-electron chi connectivity index (χ0n) is 15.0. The number of nitrogens with zero attached hydrogens (tertiary/aromatic N) is 4. The van der Waals surface area contributed by atoms with Crippen LogP contribution in [0.4, 0.5) is 5.82 Å². The predicted molar refractivity (Wildman–Crippen MR) is 104 cm³/mol. The fraction of sp³-hybridized carbons (Fsp3) is 0.263. The standard InChI is InChI=1S/C19H18BrN5O/c1-10-13(9-21)6-5-7-14(10)11(2)22-17-15-8-16(20)19(26-4)25-18(15)24-12(3)23-17/h5-8,11H,1-4H3,(H,22,23,24,25)/t11-/m1/s1. The number of aromatic nitrogens is 3. The molecule has 0 aliphatic heterocycles. The normalized spacial score (nSPS) is 11.8. The average molecular weight is 412 g/mol. The fourth-order valence-corrected chi connectivity index (χ4v) is 3.38. The summed E-state index contributed by atoms with van der Waals surface area (Å²) in [5.74, 6) is 1.79. The number of hydrogen-bond acceptors (Lipinski definition) is 6. The zero-order valence-corrected chi connectivity index (χ0v) is 16.5. The molecule has 0 bridgehead atoms. The van der Waals surface area contributed by atoms with Crippen LogP contribution in [0, 0.1) is 25.2 Å². The van der Waals surface area contributed by atoms with Crippen LogP contribution in [0.15, 0.2) is 28.7 Å². The molecule has 0 unspecified atom stereocenters. The van der Waals surface area contributed by atoms with Crippen LogP contribution < -0.4 is 10.1 Å². The number of rotatable bonds is 4. The van der Waals surface area contributed by atoms with E-state index in [0.29, 0.717) is 28.7 Å². The van der Waals surface area contributed by atoms with E-state index in [9.17, 15) is 5.26 Å². The second kappa shape index (κ2) is 7.26. The van der Waals surface area contributed by atoms with E-state index in [4.69, 9.17) is 4.74 Å². The number of pyridine rings is 1. The lowest BCUT2D eigenvalue weighted by molar-refractivity contribution is 0.396. The van der Waals surface area contributed by atoms with Crippen LogP contribution in [0.2, 0.25) is 0 Å². The Morgan fingerprint density at radius 1 is 1.23 bits per heavy atom. The minimum Gasteiger partial charge on any atom is -0.480 e. The van der Waals surface area contributed by atoms with E-state index in [1.807, 2.05) is 45.0 Å². The SMILES string of the molecule is COc1nc2nc(C)nc(N[C@H](C)c3cccc(C#N)c3C)c2cc1Br. The Hall–Kier alpha value is -2.72. The Kier molecular flexibility index (Phi) is 5.05. The fourth-order valence-electron chi connectivity index (χ4n) is 2.90. The Bertz CT molecular complexity index is 1030. The Labute approximate surface area is 160 Å². The van der Waals surface area contributed by atoms with Crippen LogP contribution in [-0.4, -0.2) is 22.1 Å². The highest BCUT2D eigenvalue weighted by Gasteiger charge is 2.16. The van der Waals surface area contributed by atoms with Crippen molar-refractivity contribution in [2.45, 2.75) is 26.8 Å². The highest BCUT2D eigenvalue weighted by molar-refractivity contribution is 9.10. The van der Waals surface area contributed by atoms with Gasteiger partial charge in [-0.05, 0) is 60.0 Å². The van der Waals surface area contributed by atoms with Gasteiger partial charge in [-0.2, -0.15) is 10.2 Å². The van der Waals surface area contributed by atoms with Crippen LogP contribution in [0.1, 0.15) is 35.5 Å². The number of nitriles is 1. The summed E-state index contributed by atoms with van der Waals surface area (Å²) in [6.07, 6.45) is 0. The summed E-state index contributed by atoms with van der Waals surface area (Å²) in [6, 6.07) is 9.82. The van der Waals surface area contributed by atoms with Gasteiger partial charge in [0.1, 0.15) is 11.6 Å². The average Bonchev–Trinajstić information content (AvgIpc) is 2.61. The number of hydrogen-bond donors (Lipinski definition) is 1. The van der Waals surface area contributed by atoms with Gasteiger partial charge in [-0.25, -0.2) is 9.97 Å². The molecule has 1 atom stereocenters. The topological polar surface area (TPSA) is 83.7 Å². The first-order valence-electron chi connectivity index (χ1n) is 8.09. The van der Waals surface area contributed by atoms with Gasteiger partial charge in [-0.15, -0.1) is 0 Å². The molecule has 0 spiro atoms. The molecule has 3 rings (SSSR count). The first kappa shape index (κ1) is 18.1. The van der Waals surface area contributed by atoms with Crippen molar-refractivity contribution in [3.63, 3.8) is 0 Å². The molecule has 0 radical (unpaired) electrons. The van der Waals surface area contributed by atoms with E-state index < -0.39 is 0 Å². The van der Waals surface area contributed by atoms with Crippen LogP contribution in [0.5, 0.6) is 5.88 Å². The van der Waals surface area contributed by atoms with Crippen molar-refractivity contribution in [1.82, 2.24) is 15.0 Å². The number of methoxy groups -OCH3 is 1. The van der Waals surface area contributed by atoms with Crippen LogP contribution in [-0.2, 0) is 0 Å². The Balaban J connectivity index is 2.06. The third-order valence-electron chi connectivity index (χ3n) is 4.23. The molecule has 2 heterocycles. The van der Waals surface area contributed by atoms with E-state index in [-0.39, 0.29) is 6.04 Å². The molecule has 6 nitrogen and oxygen atoms in total. The van der Waals surface area contributed by atoms with Gasteiger partial charge < -0.3 is 10.1 Å². The molecule has 7 heteroatoms. The molecule has 1 aromatic carbocycles. The first-order valence-corrected chi connectivity index (χ1v) is 8.89. The lowest BCUT2D eigenvalue weighted by Gasteiger charge is -2.19. The van der Waals surface area contributed by atoms with Crippen molar-refractivity contribution < 1.29 is 4.74 Å². The van der Waals surface area contributed by atoms with Gasteiger partial charge in [0, 0.05) is 0 Å². The van der Waals surface area contributed by atoms with E-state index in [1.54, 1.807) is 7.11 Å². The molecule has 0 fully saturated rings. The van der Waals surface area contributed by atoms with E-state index >= 15 is 0 Å². The molecular formula is C19H18BrN5O. The highest BCUT2D eigenvalue weighted by Crippen LogP contribution is 2.31. The summed E-state index contributed by atoms with van der Waals surface area (Å²) in [5, 5.41) is 13.5. The molecular weight excluding hydrogens is 394 g/mol. The number of fused-ring (bicyclic) bond motifs is 1. The summed E-state index contributed by atoms with van der Waals surface area (Å²) in [7, 11) is 1.57. The monoisotopic (exact) mass is 411 g/mol. The van der Waals surface area contributed by atoms with Gasteiger partial charge in [0.25, 0.3) is 0 Å². The predicted octanol–water partition coefficient (Wildman–Crippen LogP) is 4.46. The number of ether oxygens (including phenoxy) is 1. The Morgan fingerprint density at radius 3 is 2.69 bits per heavy atom.